The van der Waals surface area contributed by atoms with Crippen molar-refractivity contribution in [2.24, 2.45) is 0 Å². The minimum Gasteiger partial charge on any atom is -0.481 e. The summed E-state index contributed by atoms with van der Waals surface area (Å²) >= 11 is 11.7. The standard InChI is InChI=1S/C16H14Cl2FNO4/c1-7-6-24-13(5-14(21)22)15(7)16(23)20-8(2)9-3-12(19)11(18)4-10(9)17/h3-4,6,8H,5H2,1-2H3,(H,20,23)(H,21,22). The summed E-state index contributed by atoms with van der Waals surface area (Å²) in [5.41, 5.74) is 1.01. The fraction of sp³-hybridized carbons (Fsp3) is 0.250. The molecule has 5 nitrogen and oxygen atoms in total. The van der Waals surface area contributed by atoms with Crippen molar-refractivity contribution < 1.29 is 23.5 Å². The zero-order valence-electron chi connectivity index (χ0n) is 12.8. The number of aryl methyl sites for hydroxylation is 1. The minimum absolute atomic E-state index is 0.0538. The molecule has 8 heteroatoms. The molecule has 0 radical (unpaired) electrons. The van der Waals surface area contributed by atoms with E-state index in [2.05, 4.69) is 5.32 Å². The molecule has 1 aromatic heterocycles. The van der Waals surface area contributed by atoms with Crippen molar-refractivity contribution in [3.05, 3.63) is 56.7 Å². The second kappa shape index (κ2) is 7.23. The topological polar surface area (TPSA) is 79.5 Å². The number of carbonyl (C=O) groups excluding carboxylic acids is 1. The first kappa shape index (κ1) is 18.3. The Morgan fingerprint density at radius 1 is 1.33 bits per heavy atom. The molecule has 2 rings (SSSR count). The number of halogens is 3. The predicted molar refractivity (Wildman–Crippen MR) is 87.1 cm³/mol. The maximum Gasteiger partial charge on any atom is 0.311 e. The van der Waals surface area contributed by atoms with Crippen LogP contribution in [0.3, 0.4) is 0 Å². The molecule has 1 aromatic carbocycles. The Kier molecular flexibility index (Phi) is 5.51. The lowest BCUT2D eigenvalue weighted by Gasteiger charge is -2.16. The molecule has 0 aliphatic rings. The molecule has 1 atom stereocenters. The fourth-order valence-corrected chi connectivity index (χ4v) is 2.83. The third kappa shape index (κ3) is 3.88. The average molecular weight is 374 g/mol. The van der Waals surface area contributed by atoms with Gasteiger partial charge in [-0.2, -0.15) is 0 Å². The van der Waals surface area contributed by atoms with Gasteiger partial charge in [-0.1, -0.05) is 23.2 Å². The number of furan rings is 1. The van der Waals surface area contributed by atoms with E-state index in [0.717, 1.165) is 6.07 Å². The number of benzene rings is 1. The number of hydrogen-bond acceptors (Lipinski definition) is 3. The van der Waals surface area contributed by atoms with Gasteiger partial charge in [-0.3, -0.25) is 9.59 Å². The van der Waals surface area contributed by atoms with Crippen LogP contribution in [-0.2, 0) is 11.2 Å². The summed E-state index contributed by atoms with van der Waals surface area (Å²) in [4.78, 5) is 23.3. The second-order valence-corrected chi connectivity index (χ2v) is 6.08. The van der Waals surface area contributed by atoms with E-state index in [9.17, 15) is 14.0 Å². The van der Waals surface area contributed by atoms with E-state index in [4.69, 9.17) is 32.7 Å². The Labute approximate surface area is 147 Å². The quantitative estimate of drug-likeness (QED) is 0.771. The Balaban J connectivity index is 2.25. The van der Waals surface area contributed by atoms with Gasteiger partial charge in [0, 0.05) is 10.6 Å². The predicted octanol–water partition coefficient (Wildman–Crippen LogP) is 4.15. The molecule has 1 amide bonds. The first-order valence-electron chi connectivity index (χ1n) is 6.94. The zero-order valence-corrected chi connectivity index (χ0v) is 14.3. The summed E-state index contributed by atoms with van der Waals surface area (Å²) in [6.07, 6.45) is 0.897. The van der Waals surface area contributed by atoms with E-state index in [-0.39, 0.29) is 21.4 Å². The van der Waals surface area contributed by atoms with Gasteiger partial charge >= 0.3 is 5.97 Å². The minimum atomic E-state index is -1.12. The van der Waals surface area contributed by atoms with Crippen molar-refractivity contribution >= 4 is 35.1 Å². The molecule has 2 aromatic rings. The number of carbonyl (C=O) groups is 2. The summed E-state index contributed by atoms with van der Waals surface area (Å²) in [6.45, 7) is 3.25. The lowest BCUT2D eigenvalue weighted by molar-refractivity contribution is -0.136. The van der Waals surface area contributed by atoms with Crippen LogP contribution < -0.4 is 5.32 Å². The third-order valence-electron chi connectivity index (χ3n) is 3.44. The van der Waals surface area contributed by atoms with Crippen molar-refractivity contribution in [2.75, 3.05) is 0 Å². The van der Waals surface area contributed by atoms with Crippen molar-refractivity contribution in [2.45, 2.75) is 26.3 Å². The molecule has 2 N–H and O–H groups in total. The van der Waals surface area contributed by atoms with E-state index in [1.54, 1.807) is 13.8 Å². The van der Waals surface area contributed by atoms with Crippen molar-refractivity contribution in [1.29, 1.82) is 0 Å². The highest BCUT2D eigenvalue weighted by molar-refractivity contribution is 6.35. The molecule has 0 saturated carbocycles. The van der Waals surface area contributed by atoms with Crippen molar-refractivity contribution in [3.63, 3.8) is 0 Å². The van der Waals surface area contributed by atoms with Crippen LogP contribution in [0.2, 0.25) is 10.0 Å². The highest BCUT2D eigenvalue weighted by Crippen LogP contribution is 2.29. The highest BCUT2D eigenvalue weighted by Gasteiger charge is 2.23. The van der Waals surface area contributed by atoms with Gasteiger partial charge in [-0.15, -0.1) is 0 Å². The lowest BCUT2D eigenvalue weighted by Crippen LogP contribution is -2.28. The molecule has 0 bridgehead atoms. The Bertz CT molecular complexity index is 804. The molecule has 24 heavy (non-hydrogen) atoms. The largest absolute Gasteiger partial charge is 0.481 e. The fourth-order valence-electron chi connectivity index (χ4n) is 2.29. The summed E-state index contributed by atoms with van der Waals surface area (Å²) in [6, 6.07) is 1.79. The number of carboxylic acids is 1. The molecule has 128 valence electrons. The van der Waals surface area contributed by atoms with Gasteiger partial charge < -0.3 is 14.8 Å². The number of aliphatic carboxylic acids is 1. The van der Waals surface area contributed by atoms with Gasteiger partial charge in [0.2, 0.25) is 0 Å². The second-order valence-electron chi connectivity index (χ2n) is 5.27. The van der Waals surface area contributed by atoms with Gasteiger partial charge in [-0.25, -0.2) is 4.39 Å². The summed E-state index contributed by atoms with van der Waals surface area (Å²) in [5, 5.41) is 11.6. The SMILES string of the molecule is Cc1coc(CC(=O)O)c1C(=O)NC(C)c1cc(F)c(Cl)cc1Cl. The van der Waals surface area contributed by atoms with Crippen LogP contribution >= 0.6 is 23.2 Å². The van der Waals surface area contributed by atoms with E-state index in [1.165, 1.54) is 12.3 Å². The number of nitrogens with one attached hydrogen (secondary N) is 1. The summed E-state index contributed by atoms with van der Waals surface area (Å²) < 4.78 is 18.7. The maximum atomic E-state index is 13.6. The van der Waals surface area contributed by atoms with Crippen LogP contribution in [0.1, 0.15) is 40.2 Å². The van der Waals surface area contributed by atoms with Crippen LogP contribution in [-0.4, -0.2) is 17.0 Å². The van der Waals surface area contributed by atoms with Crippen LogP contribution in [0, 0.1) is 12.7 Å². The van der Waals surface area contributed by atoms with Crippen LogP contribution in [0.4, 0.5) is 4.39 Å². The third-order valence-corrected chi connectivity index (χ3v) is 4.06. The van der Waals surface area contributed by atoms with Crippen molar-refractivity contribution in [3.8, 4) is 0 Å². The van der Waals surface area contributed by atoms with Gasteiger partial charge in [0.05, 0.1) is 22.9 Å². The Hall–Kier alpha value is -2.05. The smallest absolute Gasteiger partial charge is 0.311 e. The van der Waals surface area contributed by atoms with E-state index in [0.29, 0.717) is 11.1 Å². The molecule has 1 heterocycles. The van der Waals surface area contributed by atoms with Crippen LogP contribution in [0.5, 0.6) is 0 Å². The highest BCUT2D eigenvalue weighted by atomic mass is 35.5. The average Bonchev–Trinajstić information content (AvgIpc) is 2.82. The number of carboxylic acid groups (broad SMARTS) is 1. The van der Waals surface area contributed by atoms with Gasteiger partial charge in [-0.05, 0) is 31.5 Å². The number of amides is 1. The van der Waals surface area contributed by atoms with Gasteiger partial charge in [0.15, 0.2) is 0 Å². The Morgan fingerprint density at radius 2 is 2.00 bits per heavy atom. The van der Waals surface area contributed by atoms with E-state index in [1.807, 2.05) is 0 Å². The molecule has 0 saturated heterocycles. The number of hydrogen-bond donors (Lipinski definition) is 2. The molecule has 0 spiro atoms. The van der Waals surface area contributed by atoms with Gasteiger partial charge in [0.25, 0.3) is 5.91 Å². The number of rotatable bonds is 5. The van der Waals surface area contributed by atoms with E-state index < -0.39 is 30.2 Å². The Morgan fingerprint density at radius 3 is 2.62 bits per heavy atom. The zero-order chi connectivity index (χ0) is 18.0. The van der Waals surface area contributed by atoms with Gasteiger partial charge in [0.1, 0.15) is 18.0 Å². The molecule has 0 aliphatic heterocycles. The molecular weight excluding hydrogens is 360 g/mol. The van der Waals surface area contributed by atoms with E-state index >= 15 is 0 Å². The molecule has 0 aliphatic carbocycles. The van der Waals surface area contributed by atoms with Crippen molar-refractivity contribution in [1.82, 2.24) is 5.32 Å². The lowest BCUT2D eigenvalue weighted by atomic mass is 10.1. The first-order chi connectivity index (χ1) is 11.2. The molecule has 0 fully saturated rings. The van der Waals surface area contributed by atoms with Crippen LogP contribution in [0.15, 0.2) is 22.8 Å². The first-order valence-corrected chi connectivity index (χ1v) is 7.70. The molecule has 1 unspecified atom stereocenters. The normalized spacial score (nSPS) is 12.0. The summed E-state index contributed by atoms with van der Waals surface area (Å²) in [7, 11) is 0. The monoisotopic (exact) mass is 373 g/mol. The molecular formula is C16H14Cl2FNO4. The van der Waals surface area contributed by atoms with Crippen LogP contribution in [0.25, 0.3) is 0 Å². The summed E-state index contributed by atoms with van der Waals surface area (Å²) in [5.74, 6) is -2.24. The maximum absolute atomic E-state index is 13.6.